The van der Waals surface area contributed by atoms with Gasteiger partial charge in [0, 0.05) is 20.1 Å². The summed E-state index contributed by atoms with van der Waals surface area (Å²) in [5.41, 5.74) is 0.935. The third kappa shape index (κ3) is 3.31. The van der Waals surface area contributed by atoms with E-state index in [9.17, 15) is 9.59 Å². The fraction of sp³-hybridized carbons (Fsp3) is 0.579. The lowest BCUT2D eigenvalue weighted by molar-refractivity contribution is -0.168. The molecule has 3 rings (SSSR count). The van der Waals surface area contributed by atoms with Crippen LogP contribution < -0.4 is 0 Å². The standard InChI is InChI=1S/C19H26N2O3/c1-13-9-14(2)11-21(10-13)19(23)18-17(15-7-5-4-6-8-15)20(3)16(22)12-24-18/h4-8,13-14,17-18H,9-12H2,1-3H3. The zero-order valence-corrected chi connectivity index (χ0v) is 14.6. The molecule has 1 aromatic rings. The van der Waals surface area contributed by atoms with Crippen molar-refractivity contribution in [3.05, 3.63) is 35.9 Å². The highest BCUT2D eigenvalue weighted by molar-refractivity contribution is 5.86. The molecule has 4 atom stereocenters. The van der Waals surface area contributed by atoms with E-state index in [0.717, 1.165) is 25.1 Å². The van der Waals surface area contributed by atoms with Crippen molar-refractivity contribution in [2.75, 3.05) is 26.7 Å². The van der Waals surface area contributed by atoms with Gasteiger partial charge >= 0.3 is 0 Å². The maximum atomic E-state index is 13.1. The summed E-state index contributed by atoms with van der Waals surface area (Å²) in [6, 6.07) is 9.31. The van der Waals surface area contributed by atoms with E-state index in [1.165, 1.54) is 0 Å². The molecule has 2 heterocycles. The van der Waals surface area contributed by atoms with E-state index in [4.69, 9.17) is 4.74 Å². The minimum absolute atomic E-state index is 0.00148. The molecule has 0 spiro atoms. The molecule has 0 radical (unpaired) electrons. The van der Waals surface area contributed by atoms with Crippen LogP contribution >= 0.6 is 0 Å². The van der Waals surface area contributed by atoms with Gasteiger partial charge in [-0.05, 0) is 23.8 Å². The fourth-order valence-electron chi connectivity index (χ4n) is 3.99. The number of hydrogen-bond donors (Lipinski definition) is 0. The smallest absolute Gasteiger partial charge is 0.254 e. The van der Waals surface area contributed by atoms with Gasteiger partial charge in [-0.1, -0.05) is 44.2 Å². The van der Waals surface area contributed by atoms with E-state index in [1.54, 1.807) is 11.9 Å². The molecule has 0 aromatic heterocycles. The summed E-state index contributed by atoms with van der Waals surface area (Å²) in [6.07, 6.45) is 0.517. The fourth-order valence-corrected chi connectivity index (χ4v) is 3.99. The van der Waals surface area contributed by atoms with Gasteiger partial charge in [0.1, 0.15) is 6.61 Å². The van der Waals surface area contributed by atoms with Crippen LogP contribution in [0.25, 0.3) is 0 Å². The van der Waals surface area contributed by atoms with E-state index in [0.29, 0.717) is 11.8 Å². The molecule has 0 saturated carbocycles. The molecule has 5 heteroatoms. The van der Waals surface area contributed by atoms with Gasteiger partial charge in [0.05, 0.1) is 6.04 Å². The van der Waals surface area contributed by atoms with Crippen molar-refractivity contribution in [2.24, 2.45) is 11.8 Å². The summed E-state index contributed by atoms with van der Waals surface area (Å²) in [7, 11) is 1.75. The molecule has 24 heavy (non-hydrogen) atoms. The summed E-state index contributed by atoms with van der Waals surface area (Å²) >= 11 is 0. The lowest BCUT2D eigenvalue weighted by Gasteiger charge is -2.42. The molecule has 4 unspecified atom stereocenters. The number of carbonyl (C=O) groups is 2. The van der Waals surface area contributed by atoms with Gasteiger partial charge in [0.25, 0.3) is 5.91 Å². The molecule has 2 fully saturated rings. The topological polar surface area (TPSA) is 49.9 Å². The third-order valence-corrected chi connectivity index (χ3v) is 5.05. The quantitative estimate of drug-likeness (QED) is 0.834. The molecular weight excluding hydrogens is 304 g/mol. The maximum absolute atomic E-state index is 13.1. The van der Waals surface area contributed by atoms with Gasteiger partial charge < -0.3 is 14.5 Å². The Morgan fingerprint density at radius 2 is 1.75 bits per heavy atom. The first kappa shape index (κ1) is 17.0. The normalized spacial score (nSPS) is 31.2. The molecule has 1 aromatic carbocycles. The lowest BCUT2D eigenvalue weighted by atomic mass is 9.90. The van der Waals surface area contributed by atoms with Crippen molar-refractivity contribution in [3.63, 3.8) is 0 Å². The van der Waals surface area contributed by atoms with Crippen molar-refractivity contribution in [1.82, 2.24) is 9.80 Å². The van der Waals surface area contributed by atoms with Crippen molar-refractivity contribution in [1.29, 1.82) is 0 Å². The van der Waals surface area contributed by atoms with E-state index in [2.05, 4.69) is 13.8 Å². The number of nitrogens with zero attached hydrogens (tertiary/aromatic N) is 2. The van der Waals surface area contributed by atoms with E-state index in [1.807, 2.05) is 35.2 Å². The number of carbonyl (C=O) groups excluding carboxylic acids is 2. The van der Waals surface area contributed by atoms with Gasteiger partial charge in [0.2, 0.25) is 5.91 Å². The molecule has 2 aliphatic rings. The Hall–Kier alpha value is -1.88. The number of piperidine rings is 1. The Balaban J connectivity index is 1.86. The SMILES string of the molecule is CC1CC(C)CN(C(=O)C2OCC(=O)N(C)C2c2ccccc2)C1. The predicted molar refractivity (Wildman–Crippen MR) is 91.2 cm³/mol. The first-order chi connectivity index (χ1) is 11.5. The minimum atomic E-state index is -0.632. The average molecular weight is 330 g/mol. The molecule has 5 nitrogen and oxygen atoms in total. The Kier molecular flexibility index (Phi) is 4.90. The van der Waals surface area contributed by atoms with Gasteiger partial charge in [-0.25, -0.2) is 0 Å². The van der Waals surface area contributed by atoms with E-state index < -0.39 is 6.10 Å². The Morgan fingerprint density at radius 1 is 1.12 bits per heavy atom. The zero-order chi connectivity index (χ0) is 17.3. The number of amides is 2. The molecular formula is C19H26N2O3. The highest BCUT2D eigenvalue weighted by atomic mass is 16.5. The number of rotatable bonds is 2. The summed E-state index contributed by atoms with van der Waals surface area (Å²) in [6.45, 7) is 5.86. The van der Waals surface area contributed by atoms with Crippen molar-refractivity contribution >= 4 is 11.8 Å². The van der Waals surface area contributed by atoms with Crippen LogP contribution in [0.4, 0.5) is 0 Å². The molecule has 0 N–H and O–H groups in total. The minimum Gasteiger partial charge on any atom is -0.356 e. The van der Waals surface area contributed by atoms with Crippen LogP contribution in [0, 0.1) is 11.8 Å². The molecule has 2 amide bonds. The molecule has 2 aliphatic heterocycles. The number of ether oxygens (including phenoxy) is 1. The van der Waals surface area contributed by atoms with E-state index >= 15 is 0 Å². The first-order valence-corrected chi connectivity index (χ1v) is 8.68. The second-order valence-electron chi connectivity index (χ2n) is 7.28. The van der Waals surface area contributed by atoms with Crippen molar-refractivity contribution < 1.29 is 14.3 Å². The Bertz CT molecular complexity index is 594. The predicted octanol–water partition coefficient (Wildman–Crippen LogP) is 2.09. The van der Waals surface area contributed by atoms with Gasteiger partial charge in [0.15, 0.2) is 6.10 Å². The van der Waals surface area contributed by atoms with Crippen LogP contribution in [0.15, 0.2) is 30.3 Å². The van der Waals surface area contributed by atoms with Crippen molar-refractivity contribution in [2.45, 2.75) is 32.4 Å². The number of likely N-dealkylation sites (N-methyl/N-ethyl adjacent to an activating group) is 1. The molecule has 130 valence electrons. The summed E-state index contributed by atoms with van der Waals surface area (Å²) < 4.78 is 5.73. The number of likely N-dealkylation sites (tertiary alicyclic amines) is 1. The summed E-state index contributed by atoms with van der Waals surface area (Å²) in [5, 5.41) is 0. The molecule has 0 aliphatic carbocycles. The van der Waals surface area contributed by atoms with E-state index in [-0.39, 0.29) is 24.5 Å². The molecule has 0 bridgehead atoms. The lowest BCUT2D eigenvalue weighted by Crippen LogP contribution is -2.55. The number of benzene rings is 1. The number of morpholine rings is 1. The highest BCUT2D eigenvalue weighted by Gasteiger charge is 2.42. The summed E-state index contributed by atoms with van der Waals surface area (Å²) in [5.74, 6) is 0.904. The van der Waals surface area contributed by atoms with Gasteiger partial charge in [-0.3, -0.25) is 9.59 Å². The van der Waals surface area contributed by atoms with Crippen molar-refractivity contribution in [3.8, 4) is 0 Å². The number of hydrogen-bond acceptors (Lipinski definition) is 3. The van der Waals surface area contributed by atoms with Crippen LogP contribution in [0.2, 0.25) is 0 Å². The van der Waals surface area contributed by atoms with Crippen LogP contribution in [0.3, 0.4) is 0 Å². The second kappa shape index (κ2) is 6.93. The molecule has 2 saturated heterocycles. The van der Waals surface area contributed by atoms with Crippen LogP contribution in [-0.4, -0.2) is 54.5 Å². The monoisotopic (exact) mass is 330 g/mol. The van der Waals surface area contributed by atoms with Crippen LogP contribution in [0.5, 0.6) is 0 Å². The zero-order valence-electron chi connectivity index (χ0n) is 14.6. The van der Waals surface area contributed by atoms with Gasteiger partial charge in [-0.2, -0.15) is 0 Å². The largest absolute Gasteiger partial charge is 0.356 e. The highest BCUT2D eigenvalue weighted by Crippen LogP contribution is 2.31. The maximum Gasteiger partial charge on any atom is 0.254 e. The summed E-state index contributed by atoms with van der Waals surface area (Å²) in [4.78, 5) is 28.8. The third-order valence-electron chi connectivity index (χ3n) is 5.05. The van der Waals surface area contributed by atoms with Crippen LogP contribution in [-0.2, 0) is 14.3 Å². The Labute approximate surface area is 143 Å². The second-order valence-corrected chi connectivity index (χ2v) is 7.28. The Morgan fingerprint density at radius 3 is 2.38 bits per heavy atom. The average Bonchev–Trinajstić information content (AvgIpc) is 2.56. The first-order valence-electron chi connectivity index (χ1n) is 8.68. The van der Waals surface area contributed by atoms with Crippen LogP contribution in [0.1, 0.15) is 31.9 Å². The van der Waals surface area contributed by atoms with Gasteiger partial charge in [-0.15, -0.1) is 0 Å².